The van der Waals surface area contributed by atoms with Crippen LogP contribution in [0.25, 0.3) is 4.96 Å². The molecule has 0 aliphatic carbocycles. The van der Waals surface area contributed by atoms with E-state index >= 15 is 0 Å². The molecule has 8 heteroatoms. The van der Waals surface area contributed by atoms with E-state index in [-0.39, 0.29) is 6.54 Å². The van der Waals surface area contributed by atoms with Gasteiger partial charge in [0.2, 0.25) is 4.96 Å². The molecule has 0 radical (unpaired) electrons. The van der Waals surface area contributed by atoms with Gasteiger partial charge in [0.15, 0.2) is 5.82 Å². The largest absolute Gasteiger partial charge is 0.385 e. The highest BCUT2D eigenvalue weighted by molar-refractivity contribution is 7.16. The number of hydrogen-bond donors (Lipinski definition) is 2. The van der Waals surface area contributed by atoms with E-state index < -0.39 is 6.10 Å². The van der Waals surface area contributed by atoms with Crippen LogP contribution in [-0.2, 0) is 11.3 Å². The second-order valence-corrected chi connectivity index (χ2v) is 3.92. The van der Waals surface area contributed by atoms with Crippen molar-refractivity contribution in [2.45, 2.75) is 12.7 Å². The first-order chi connectivity index (χ1) is 7.26. The van der Waals surface area contributed by atoms with Crippen LogP contribution in [0.3, 0.4) is 0 Å². The van der Waals surface area contributed by atoms with Crippen molar-refractivity contribution in [1.82, 2.24) is 19.8 Å². The Morgan fingerprint density at radius 2 is 2.40 bits per heavy atom. The lowest BCUT2D eigenvalue weighted by Gasteiger charge is -2.00. The lowest BCUT2D eigenvalue weighted by molar-refractivity contribution is 0.174. The van der Waals surface area contributed by atoms with Crippen molar-refractivity contribution in [3.8, 4) is 0 Å². The van der Waals surface area contributed by atoms with Gasteiger partial charge >= 0.3 is 0 Å². The van der Waals surface area contributed by atoms with E-state index in [9.17, 15) is 5.11 Å². The highest BCUT2D eigenvalue weighted by Gasteiger charge is 2.15. The number of methoxy groups -OCH3 is 1. The first-order valence-electron chi connectivity index (χ1n) is 4.34. The Morgan fingerprint density at radius 3 is 3.07 bits per heavy atom. The summed E-state index contributed by atoms with van der Waals surface area (Å²) in [5.74, 6) is 0.610. The third kappa shape index (κ3) is 1.84. The summed E-state index contributed by atoms with van der Waals surface area (Å²) in [5.41, 5.74) is 5.34. The molecule has 0 amide bonds. The number of aliphatic hydroxyl groups excluding tert-OH is 1. The summed E-state index contributed by atoms with van der Waals surface area (Å²) in [6.07, 6.45) is -0.743. The summed E-state index contributed by atoms with van der Waals surface area (Å²) in [5, 5.41) is 22.0. The van der Waals surface area contributed by atoms with Gasteiger partial charge in [0.25, 0.3) is 0 Å². The van der Waals surface area contributed by atoms with E-state index in [4.69, 9.17) is 10.5 Å². The van der Waals surface area contributed by atoms with Crippen molar-refractivity contribution in [3.05, 3.63) is 10.8 Å². The van der Waals surface area contributed by atoms with Crippen LogP contribution >= 0.6 is 11.3 Å². The Labute approximate surface area is 89.5 Å². The lowest BCUT2D eigenvalue weighted by Crippen LogP contribution is -2.11. The minimum Gasteiger partial charge on any atom is -0.385 e. The fourth-order valence-corrected chi connectivity index (χ4v) is 1.98. The molecular formula is C7H11N5O2S. The Kier molecular flexibility index (Phi) is 2.91. The van der Waals surface area contributed by atoms with Crippen LogP contribution in [0.15, 0.2) is 0 Å². The number of rotatable bonds is 4. The number of hydrogen-bond acceptors (Lipinski definition) is 7. The fourth-order valence-electron chi connectivity index (χ4n) is 1.13. The van der Waals surface area contributed by atoms with Gasteiger partial charge in [-0.05, 0) is 0 Å². The number of ether oxygens (including phenoxy) is 1. The molecule has 0 bridgehead atoms. The lowest BCUT2D eigenvalue weighted by atomic mass is 10.4. The molecule has 0 spiro atoms. The summed E-state index contributed by atoms with van der Waals surface area (Å²) in [6.45, 7) is 0.479. The molecular weight excluding hydrogens is 218 g/mol. The number of nitrogens with zero attached hydrogens (tertiary/aromatic N) is 4. The van der Waals surface area contributed by atoms with Crippen LogP contribution in [0.2, 0.25) is 0 Å². The molecule has 1 atom stereocenters. The molecule has 0 fully saturated rings. The van der Waals surface area contributed by atoms with Crippen molar-refractivity contribution < 1.29 is 9.84 Å². The van der Waals surface area contributed by atoms with Crippen molar-refractivity contribution in [2.75, 3.05) is 13.7 Å². The predicted octanol–water partition coefficient (Wildman–Crippen LogP) is -0.676. The second-order valence-electron chi connectivity index (χ2n) is 2.94. The zero-order chi connectivity index (χ0) is 10.8. The molecule has 2 rings (SSSR count). The van der Waals surface area contributed by atoms with Gasteiger partial charge in [-0.2, -0.15) is 9.61 Å². The average molecular weight is 229 g/mol. The van der Waals surface area contributed by atoms with Gasteiger partial charge in [-0.3, -0.25) is 0 Å². The molecule has 0 aliphatic rings. The van der Waals surface area contributed by atoms with Crippen LogP contribution < -0.4 is 5.73 Å². The van der Waals surface area contributed by atoms with Gasteiger partial charge in [-0.25, -0.2) is 0 Å². The third-order valence-electron chi connectivity index (χ3n) is 1.85. The van der Waals surface area contributed by atoms with Crippen LogP contribution in [-0.4, -0.2) is 38.6 Å². The summed E-state index contributed by atoms with van der Waals surface area (Å²) < 4.78 is 6.50. The molecule has 2 aromatic rings. The smallest absolute Gasteiger partial charge is 0.234 e. The highest BCUT2D eigenvalue weighted by atomic mass is 32.1. The van der Waals surface area contributed by atoms with Crippen molar-refractivity contribution in [2.24, 2.45) is 5.73 Å². The van der Waals surface area contributed by atoms with E-state index in [0.29, 0.717) is 22.4 Å². The molecule has 3 N–H and O–H groups in total. The first-order valence-corrected chi connectivity index (χ1v) is 5.16. The number of nitrogens with two attached hydrogens (primary N) is 1. The third-order valence-corrected chi connectivity index (χ3v) is 2.85. The zero-order valence-electron chi connectivity index (χ0n) is 8.12. The van der Waals surface area contributed by atoms with Gasteiger partial charge in [0.05, 0.1) is 0 Å². The molecule has 0 aromatic carbocycles. The molecule has 7 nitrogen and oxygen atoms in total. The topological polar surface area (TPSA) is 98.6 Å². The normalized spacial score (nSPS) is 13.5. The maximum absolute atomic E-state index is 9.50. The van der Waals surface area contributed by atoms with E-state index in [1.807, 2.05) is 0 Å². The predicted molar refractivity (Wildman–Crippen MR) is 53.4 cm³/mol. The SMILES string of the molecule is COCc1nnc2sc(C(O)CN)nn12. The summed E-state index contributed by atoms with van der Waals surface area (Å²) in [7, 11) is 1.57. The van der Waals surface area contributed by atoms with Crippen molar-refractivity contribution in [3.63, 3.8) is 0 Å². The average Bonchev–Trinajstić information content (AvgIpc) is 2.79. The van der Waals surface area contributed by atoms with Crippen molar-refractivity contribution in [1.29, 1.82) is 0 Å². The number of aromatic nitrogens is 4. The molecule has 0 saturated carbocycles. The monoisotopic (exact) mass is 229 g/mol. The minimum absolute atomic E-state index is 0.143. The highest BCUT2D eigenvalue weighted by Crippen LogP contribution is 2.19. The van der Waals surface area contributed by atoms with Crippen LogP contribution in [0.1, 0.15) is 16.9 Å². The van der Waals surface area contributed by atoms with E-state index in [2.05, 4.69) is 15.3 Å². The molecule has 1 unspecified atom stereocenters. The maximum atomic E-state index is 9.50. The zero-order valence-corrected chi connectivity index (χ0v) is 8.94. The number of fused-ring (bicyclic) bond motifs is 1. The summed E-state index contributed by atoms with van der Waals surface area (Å²) in [4.78, 5) is 0.629. The van der Waals surface area contributed by atoms with Crippen LogP contribution in [0, 0.1) is 0 Å². The quantitative estimate of drug-likeness (QED) is 0.721. The molecule has 15 heavy (non-hydrogen) atoms. The summed E-state index contributed by atoms with van der Waals surface area (Å²) in [6, 6.07) is 0. The summed E-state index contributed by atoms with van der Waals surface area (Å²) >= 11 is 1.27. The molecule has 2 heterocycles. The van der Waals surface area contributed by atoms with Crippen molar-refractivity contribution >= 4 is 16.3 Å². The van der Waals surface area contributed by atoms with E-state index in [1.165, 1.54) is 11.3 Å². The molecule has 2 aromatic heterocycles. The van der Waals surface area contributed by atoms with Gasteiger partial charge < -0.3 is 15.6 Å². The number of aliphatic hydroxyl groups is 1. The van der Waals surface area contributed by atoms with Crippen LogP contribution in [0.5, 0.6) is 0 Å². The minimum atomic E-state index is -0.743. The van der Waals surface area contributed by atoms with Gasteiger partial charge in [-0.1, -0.05) is 11.3 Å². The first kappa shape index (κ1) is 10.4. The van der Waals surface area contributed by atoms with E-state index in [0.717, 1.165) is 0 Å². The van der Waals surface area contributed by atoms with E-state index in [1.54, 1.807) is 11.6 Å². The fraction of sp³-hybridized carbons (Fsp3) is 0.571. The van der Waals surface area contributed by atoms with Gasteiger partial charge in [0, 0.05) is 13.7 Å². The van der Waals surface area contributed by atoms with Gasteiger partial charge in [0.1, 0.15) is 17.7 Å². The Morgan fingerprint density at radius 1 is 1.60 bits per heavy atom. The Hall–Kier alpha value is -1.09. The molecule has 0 aliphatic heterocycles. The van der Waals surface area contributed by atoms with Gasteiger partial charge in [-0.15, -0.1) is 10.2 Å². The second kappa shape index (κ2) is 4.19. The Balaban J connectivity index is 2.38. The molecule has 82 valence electrons. The standard InChI is InChI=1S/C7H11N5O2S/c1-14-3-5-9-10-7-12(5)11-6(15-7)4(13)2-8/h4,13H,2-3,8H2,1H3. The Bertz CT molecular complexity index is 453. The maximum Gasteiger partial charge on any atom is 0.234 e. The molecule has 0 saturated heterocycles. The van der Waals surface area contributed by atoms with Crippen LogP contribution in [0.4, 0.5) is 0 Å².